The predicted molar refractivity (Wildman–Crippen MR) is 69.7 cm³/mol. The zero-order chi connectivity index (χ0) is 14.3. The summed E-state index contributed by atoms with van der Waals surface area (Å²) in [6.45, 7) is 0.864. The van der Waals surface area contributed by atoms with Crippen LogP contribution >= 0.6 is 0 Å². The summed E-state index contributed by atoms with van der Waals surface area (Å²) in [5.41, 5.74) is 0.692. The Bertz CT molecular complexity index is 485. The largest absolute Gasteiger partial charge is 0.478 e. The molecule has 1 N–H and O–H groups in total. The molecule has 0 aliphatic carbocycles. The summed E-state index contributed by atoms with van der Waals surface area (Å²) in [4.78, 5) is 28.1. The minimum atomic E-state index is -1.07. The first kappa shape index (κ1) is 14.8. The third-order valence-corrected chi connectivity index (χ3v) is 2.42. The lowest BCUT2D eigenvalue weighted by molar-refractivity contribution is -0.131. The van der Waals surface area contributed by atoms with Gasteiger partial charge in [0.1, 0.15) is 5.69 Å². The monoisotopic (exact) mass is 264 g/mol. The smallest absolute Gasteiger partial charge is 0.328 e. The molecule has 6 heteroatoms. The number of hydrogen-bond donors (Lipinski definition) is 1. The standard InChI is InChI=1S/C13H16N2O4/c1-15(8-9-19-2)13(18)12-10(4-3-7-14-12)5-6-11(16)17/h3-7H,8-9H2,1-2H3,(H,16,17)/b6-5+. The van der Waals surface area contributed by atoms with Gasteiger partial charge < -0.3 is 14.7 Å². The highest BCUT2D eigenvalue weighted by Gasteiger charge is 2.15. The normalized spacial score (nSPS) is 10.6. The summed E-state index contributed by atoms with van der Waals surface area (Å²) in [5, 5.41) is 8.61. The molecule has 0 radical (unpaired) electrons. The van der Waals surface area contributed by atoms with E-state index in [1.54, 1.807) is 26.3 Å². The molecule has 1 heterocycles. The number of methoxy groups -OCH3 is 1. The van der Waals surface area contributed by atoms with Crippen molar-refractivity contribution >= 4 is 18.0 Å². The Labute approximate surface area is 111 Å². The molecule has 0 atom stereocenters. The molecule has 1 aromatic rings. The van der Waals surface area contributed by atoms with E-state index in [9.17, 15) is 9.59 Å². The number of hydrogen-bond acceptors (Lipinski definition) is 4. The summed E-state index contributed by atoms with van der Waals surface area (Å²) in [5.74, 6) is -1.35. The van der Waals surface area contributed by atoms with Crippen LogP contribution in [0.1, 0.15) is 16.1 Å². The molecule has 0 aliphatic heterocycles. The minimum absolute atomic E-state index is 0.221. The highest BCUT2D eigenvalue weighted by Crippen LogP contribution is 2.10. The Morgan fingerprint density at radius 3 is 2.89 bits per heavy atom. The van der Waals surface area contributed by atoms with E-state index in [4.69, 9.17) is 9.84 Å². The second-order valence-corrected chi connectivity index (χ2v) is 3.83. The van der Waals surface area contributed by atoms with Gasteiger partial charge in [0.05, 0.1) is 6.61 Å². The number of amides is 1. The third-order valence-electron chi connectivity index (χ3n) is 2.42. The van der Waals surface area contributed by atoms with Crippen LogP contribution < -0.4 is 0 Å². The van der Waals surface area contributed by atoms with Crippen molar-refractivity contribution in [3.05, 3.63) is 35.7 Å². The number of carbonyl (C=O) groups is 2. The van der Waals surface area contributed by atoms with E-state index in [1.165, 1.54) is 17.2 Å². The number of pyridine rings is 1. The van der Waals surface area contributed by atoms with Gasteiger partial charge in [0.25, 0.3) is 5.91 Å². The summed E-state index contributed by atoms with van der Waals surface area (Å²) >= 11 is 0. The van der Waals surface area contributed by atoms with Crippen LogP contribution in [0.15, 0.2) is 24.4 Å². The number of carboxylic acids is 1. The molecule has 0 aliphatic rings. The number of rotatable bonds is 6. The number of aliphatic carboxylic acids is 1. The van der Waals surface area contributed by atoms with E-state index in [-0.39, 0.29) is 11.6 Å². The maximum Gasteiger partial charge on any atom is 0.328 e. The Kier molecular flexibility index (Phi) is 5.69. The molecular formula is C13H16N2O4. The molecule has 6 nitrogen and oxygen atoms in total. The van der Waals surface area contributed by atoms with Crippen LogP contribution in [0.5, 0.6) is 0 Å². The van der Waals surface area contributed by atoms with Crippen molar-refractivity contribution < 1.29 is 19.4 Å². The van der Waals surface area contributed by atoms with E-state index < -0.39 is 5.97 Å². The van der Waals surface area contributed by atoms with Gasteiger partial charge in [-0.25, -0.2) is 4.79 Å². The fourth-order valence-corrected chi connectivity index (χ4v) is 1.40. The van der Waals surface area contributed by atoms with Crippen molar-refractivity contribution in [1.29, 1.82) is 0 Å². The maximum absolute atomic E-state index is 12.1. The topological polar surface area (TPSA) is 79.7 Å². The zero-order valence-electron chi connectivity index (χ0n) is 10.9. The van der Waals surface area contributed by atoms with Gasteiger partial charge in [-0.2, -0.15) is 0 Å². The second kappa shape index (κ2) is 7.27. The van der Waals surface area contributed by atoms with Gasteiger partial charge >= 0.3 is 5.97 Å². The Morgan fingerprint density at radius 1 is 1.53 bits per heavy atom. The first-order valence-corrected chi connectivity index (χ1v) is 5.66. The first-order chi connectivity index (χ1) is 9.06. The second-order valence-electron chi connectivity index (χ2n) is 3.83. The molecule has 102 valence electrons. The molecule has 1 amide bonds. The van der Waals surface area contributed by atoms with Gasteiger partial charge in [-0.1, -0.05) is 6.07 Å². The molecule has 0 saturated heterocycles. The van der Waals surface area contributed by atoms with E-state index in [0.29, 0.717) is 18.7 Å². The predicted octanol–water partition coefficient (Wildman–Crippen LogP) is 0.898. The van der Waals surface area contributed by atoms with Crippen molar-refractivity contribution in [3.63, 3.8) is 0 Å². The molecule has 1 aromatic heterocycles. The van der Waals surface area contributed by atoms with Crippen molar-refractivity contribution in [2.75, 3.05) is 27.3 Å². The molecule has 19 heavy (non-hydrogen) atoms. The van der Waals surface area contributed by atoms with Gasteiger partial charge in [-0.15, -0.1) is 0 Å². The Hall–Kier alpha value is -2.21. The molecule has 0 unspecified atom stereocenters. The van der Waals surface area contributed by atoms with Crippen LogP contribution in [-0.2, 0) is 9.53 Å². The fraction of sp³-hybridized carbons (Fsp3) is 0.308. The van der Waals surface area contributed by atoms with Crippen molar-refractivity contribution in [2.24, 2.45) is 0 Å². The quantitative estimate of drug-likeness (QED) is 0.772. The van der Waals surface area contributed by atoms with Gasteiger partial charge in [-0.3, -0.25) is 9.78 Å². The minimum Gasteiger partial charge on any atom is -0.478 e. The average Bonchev–Trinajstić information content (AvgIpc) is 2.42. The first-order valence-electron chi connectivity index (χ1n) is 5.66. The van der Waals surface area contributed by atoms with Crippen LogP contribution in [0, 0.1) is 0 Å². The number of aromatic nitrogens is 1. The van der Waals surface area contributed by atoms with Crippen LogP contribution in [-0.4, -0.2) is 54.2 Å². The zero-order valence-corrected chi connectivity index (χ0v) is 10.9. The lowest BCUT2D eigenvalue weighted by Gasteiger charge is -2.16. The van der Waals surface area contributed by atoms with E-state index in [2.05, 4.69) is 4.98 Å². The van der Waals surface area contributed by atoms with E-state index in [1.807, 2.05) is 0 Å². The molecule has 0 spiro atoms. The Morgan fingerprint density at radius 2 is 2.26 bits per heavy atom. The highest BCUT2D eigenvalue weighted by atomic mass is 16.5. The van der Waals surface area contributed by atoms with Crippen molar-refractivity contribution in [3.8, 4) is 0 Å². The molecular weight excluding hydrogens is 248 g/mol. The lowest BCUT2D eigenvalue weighted by Crippen LogP contribution is -2.31. The molecule has 0 bridgehead atoms. The molecule has 0 fully saturated rings. The van der Waals surface area contributed by atoms with Crippen LogP contribution in [0.2, 0.25) is 0 Å². The third kappa shape index (κ3) is 4.51. The maximum atomic E-state index is 12.1. The number of nitrogens with zero attached hydrogens (tertiary/aromatic N) is 2. The van der Waals surface area contributed by atoms with Crippen molar-refractivity contribution in [2.45, 2.75) is 0 Å². The van der Waals surface area contributed by atoms with Crippen LogP contribution in [0.4, 0.5) is 0 Å². The van der Waals surface area contributed by atoms with Crippen LogP contribution in [0.25, 0.3) is 6.08 Å². The van der Waals surface area contributed by atoms with Gasteiger partial charge in [0.15, 0.2) is 0 Å². The number of carboxylic acid groups (broad SMARTS) is 1. The average molecular weight is 264 g/mol. The van der Waals surface area contributed by atoms with E-state index >= 15 is 0 Å². The molecule has 0 saturated carbocycles. The van der Waals surface area contributed by atoms with Crippen LogP contribution in [0.3, 0.4) is 0 Å². The summed E-state index contributed by atoms with van der Waals surface area (Å²) in [6.07, 6.45) is 3.82. The summed E-state index contributed by atoms with van der Waals surface area (Å²) < 4.78 is 4.90. The molecule has 1 rings (SSSR count). The van der Waals surface area contributed by atoms with Crippen molar-refractivity contribution in [1.82, 2.24) is 9.88 Å². The highest BCUT2D eigenvalue weighted by molar-refractivity contribution is 5.97. The number of carbonyl (C=O) groups excluding carboxylic acids is 1. The SMILES string of the molecule is COCCN(C)C(=O)c1ncccc1/C=C/C(=O)O. The Balaban J connectivity index is 2.93. The number of ether oxygens (including phenoxy) is 1. The fourth-order valence-electron chi connectivity index (χ4n) is 1.40. The lowest BCUT2D eigenvalue weighted by atomic mass is 10.1. The van der Waals surface area contributed by atoms with Gasteiger partial charge in [0, 0.05) is 38.5 Å². The summed E-state index contributed by atoms with van der Waals surface area (Å²) in [6, 6.07) is 3.29. The molecule has 0 aromatic carbocycles. The summed E-state index contributed by atoms with van der Waals surface area (Å²) in [7, 11) is 3.20. The number of likely N-dealkylation sites (N-methyl/N-ethyl adjacent to an activating group) is 1. The van der Waals surface area contributed by atoms with Gasteiger partial charge in [-0.05, 0) is 12.1 Å². The van der Waals surface area contributed by atoms with E-state index in [0.717, 1.165) is 6.08 Å². The van der Waals surface area contributed by atoms with Gasteiger partial charge in [0.2, 0.25) is 0 Å².